The molecule has 26 heavy (non-hydrogen) atoms. The third-order valence-corrected chi connectivity index (χ3v) is 4.44. The minimum atomic E-state index is -0.159. The fraction of sp³-hybridized carbons (Fsp3) is 0.136. The molecule has 0 radical (unpaired) electrons. The van der Waals surface area contributed by atoms with Gasteiger partial charge in [-0.2, -0.15) is 10.5 Å². The summed E-state index contributed by atoms with van der Waals surface area (Å²) < 4.78 is 0. The average Bonchev–Trinajstić information content (AvgIpc) is 2.89. The van der Waals surface area contributed by atoms with E-state index in [9.17, 15) is 15.3 Å². The predicted octanol–water partition coefficient (Wildman–Crippen LogP) is 4.14. The van der Waals surface area contributed by atoms with Crippen molar-refractivity contribution in [1.82, 2.24) is 0 Å². The zero-order chi connectivity index (χ0) is 18.8. The number of ketones is 1. The molecule has 0 bridgehead atoms. The van der Waals surface area contributed by atoms with E-state index < -0.39 is 0 Å². The van der Waals surface area contributed by atoms with Gasteiger partial charge in [0.15, 0.2) is 5.78 Å². The number of Topliss-reactive ketones (excluding diaryl/α,β-unsaturated/α-hetero) is 1. The maximum atomic E-state index is 12.9. The van der Waals surface area contributed by atoms with Gasteiger partial charge in [0.2, 0.25) is 0 Å². The third kappa shape index (κ3) is 2.79. The van der Waals surface area contributed by atoms with Crippen LogP contribution in [0.2, 0.25) is 0 Å². The number of aryl methyl sites for hydroxylation is 1. The fourth-order valence-corrected chi connectivity index (χ4v) is 3.28. The normalized spacial score (nSPS) is 14.0. The molecule has 0 amide bonds. The van der Waals surface area contributed by atoms with Crippen molar-refractivity contribution in [2.45, 2.75) is 6.92 Å². The molecule has 1 aliphatic rings. The smallest absolute Gasteiger partial charge is 0.194 e. The molecule has 0 unspecified atom stereocenters. The highest BCUT2D eigenvalue weighted by Crippen LogP contribution is 2.39. The second-order valence-electron chi connectivity index (χ2n) is 6.35. The van der Waals surface area contributed by atoms with Crippen LogP contribution in [-0.4, -0.2) is 19.9 Å². The Morgan fingerprint density at radius 1 is 1.04 bits per heavy atom. The molecule has 2 aromatic rings. The molecule has 1 aliphatic carbocycles. The summed E-state index contributed by atoms with van der Waals surface area (Å²) in [4.78, 5) is 14.9. The van der Waals surface area contributed by atoms with E-state index in [1.165, 1.54) is 0 Å². The number of nitrogens with zero attached hydrogens (tertiary/aromatic N) is 3. The molecular formula is C22H17N3O. The van der Waals surface area contributed by atoms with E-state index >= 15 is 0 Å². The molecular weight excluding hydrogens is 322 g/mol. The maximum Gasteiger partial charge on any atom is 0.194 e. The number of carbonyl (C=O) groups is 1. The SMILES string of the molecule is Cc1cc(/C=C2\C(=O)c3ccccc3C2=C(C#N)C#N)ccc1N(C)C. The van der Waals surface area contributed by atoms with E-state index in [1.54, 1.807) is 30.3 Å². The first kappa shape index (κ1) is 17.2. The lowest BCUT2D eigenvalue weighted by molar-refractivity contribution is 0.104. The highest BCUT2D eigenvalue weighted by molar-refractivity contribution is 6.29. The number of fused-ring (bicyclic) bond motifs is 1. The summed E-state index contributed by atoms with van der Waals surface area (Å²) in [6, 6.07) is 16.9. The Morgan fingerprint density at radius 2 is 1.69 bits per heavy atom. The Bertz CT molecular complexity index is 1040. The van der Waals surface area contributed by atoms with E-state index in [-0.39, 0.29) is 11.4 Å². The van der Waals surface area contributed by atoms with Crippen LogP contribution in [0.15, 0.2) is 53.6 Å². The van der Waals surface area contributed by atoms with Crippen molar-refractivity contribution < 1.29 is 4.79 Å². The minimum absolute atomic E-state index is 0.0452. The molecule has 0 aliphatic heterocycles. The molecule has 0 atom stereocenters. The second-order valence-corrected chi connectivity index (χ2v) is 6.35. The Hall–Kier alpha value is -3.63. The average molecular weight is 339 g/mol. The number of rotatable bonds is 2. The van der Waals surface area contributed by atoms with Gasteiger partial charge in [0.05, 0.1) is 0 Å². The number of hydrogen-bond donors (Lipinski definition) is 0. The highest BCUT2D eigenvalue weighted by Gasteiger charge is 2.32. The Morgan fingerprint density at radius 3 is 2.27 bits per heavy atom. The van der Waals surface area contributed by atoms with Crippen LogP contribution in [0.4, 0.5) is 5.69 Å². The molecule has 0 spiro atoms. The van der Waals surface area contributed by atoms with Gasteiger partial charge in [-0.1, -0.05) is 30.3 Å². The Balaban J connectivity index is 2.21. The van der Waals surface area contributed by atoms with Gasteiger partial charge < -0.3 is 4.90 Å². The van der Waals surface area contributed by atoms with Gasteiger partial charge in [0, 0.05) is 36.5 Å². The molecule has 4 nitrogen and oxygen atoms in total. The van der Waals surface area contributed by atoms with E-state index in [1.807, 2.05) is 56.3 Å². The molecule has 0 heterocycles. The van der Waals surface area contributed by atoms with Crippen molar-refractivity contribution in [3.63, 3.8) is 0 Å². The zero-order valence-corrected chi connectivity index (χ0v) is 14.9. The van der Waals surface area contributed by atoms with Crippen LogP contribution >= 0.6 is 0 Å². The monoisotopic (exact) mass is 339 g/mol. The predicted molar refractivity (Wildman–Crippen MR) is 102 cm³/mol. The van der Waals surface area contributed by atoms with Gasteiger partial charge in [-0.25, -0.2) is 0 Å². The van der Waals surface area contributed by atoms with Crippen LogP contribution in [0.3, 0.4) is 0 Å². The lowest BCUT2D eigenvalue weighted by atomic mass is 9.97. The molecule has 4 heteroatoms. The van der Waals surface area contributed by atoms with Gasteiger partial charge in [-0.15, -0.1) is 0 Å². The first-order chi connectivity index (χ1) is 12.5. The summed E-state index contributed by atoms with van der Waals surface area (Å²) >= 11 is 0. The van der Waals surface area contributed by atoms with Crippen molar-refractivity contribution >= 4 is 23.1 Å². The van der Waals surface area contributed by atoms with Gasteiger partial charge in [0.1, 0.15) is 17.7 Å². The summed E-state index contributed by atoms with van der Waals surface area (Å²) in [5.74, 6) is -0.159. The summed E-state index contributed by atoms with van der Waals surface area (Å²) in [6.07, 6.45) is 1.76. The lowest BCUT2D eigenvalue weighted by Gasteiger charge is -2.15. The fourth-order valence-electron chi connectivity index (χ4n) is 3.28. The molecule has 0 aromatic heterocycles. The second kappa shape index (κ2) is 6.70. The van der Waals surface area contributed by atoms with E-state index in [2.05, 4.69) is 0 Å². The Labute approximate surface area is 152 Å². The van der Waals surface area contributed by atoms with Crippen LogP contribution in [0, 0.1) is 29.6 Å². The van der Waals surface area contributed by atoms with Gasteiger partial charge in [-0.05, 0) is 41.8 Å². The number of anilines is 1. The van der Waals surface area contributed by atoms with E-state index in [0.29, 0.717) is 22.3 Å². The number of carbonyl (C=O) groups excluding carboxylic acids is 1. The summed E-state index contributed by atoms with van der Waals surface area (Å²) in [6.45, 7) is 2.01. The molecule has 0 fully saturated rings. The van der Waals surface area contributed by atoms with Crippen molar-refractivity contribution in [3.05, 3.63) is 75.9 Å². The number of allylic oxidation sites excluding steroid dienone is 3. The lowest BCUT2D eigenvalue weighted by Crippen LogP contribution is -2.10. The van der Waals surface area contributed by atoms with Crippen LogP contribution in [0.1, 0.15) is 27.0 Å². The number of nitriles is 2. The summed E-state index contributed by atoms with van der Waals surface area (Å²) in [5.41, 5.74) is 4.97. The van der Waals surface area contributed by atoms with Gasteiger partial charge in [-0.3, -0.25) is 4.79 Å². The van der Waals surface area contributed by atoms with E-state index in [4.69, 9.17) is 0 Å². The van der Waals surface area contributed by atoms with Gasteiger partial charge in [0.25, 0.3) is 0 Å². The first-order valence-corrected chi connectivity index (χ1v) is 8.16. The quantitative estimate of drug-likeness (QED) is 0.609. The zero-order valence-electron chi connectivity index (χ0n) is 14.9. The largest absolute Gasteiger partial charge is 0.377 e. The summed E-state index contributed by atoms with van der Waals surface area (Å²) in [7, 11) is 3.95. The standard InChI is InChI=1S/C22H17N3O/c1-14-10-15(8-9-20(14)25(2)3)11-19-21(16(12-23)13-24)17-6-4-5-7-18(17)22(19)26/h4-11H,1-3H3/b19-11-. The molecule has 0 saturated heterocycles. The van der Waals surface area contributed by atoms with Crippen molar-refractivity contribution in [3.8, 4) is 12.1 Å². The van der Waals surface area contributed by atoms with Gasteiger partial charge >= 0.3 is 0 Å². The van der Waals surface area contributed by atoms with Crippen molar-refractivity contribution in [2.24, 2.45) is 0 Å². The molecule has 126 valence electrons. The van der Waals surface area contributed by atoms with Crippen LogP contribution in [-0.2, 0) is 0 Å². The van der Waals surface area contributed by atoms with Crippen molar-refractivity contribution in [1.29, 1.82) is 10.5 Å². The first-order valence-electron chi connectivity index (χ1n) is 8.16. The third-order valence-electron chi connectivity index (χ3n) is 4.44. The summed E-state index contributed by atoms with van der Waals surface area (Å²) in [5, 5.41) is 18.7. The molecule has 3 rings (SSSR count). The topological polar surface area (TPSA) is 67.9 Å². The maximum absolute atomic E-state index is 12.9. The molecule has 0 N–H and O–H groups in total. The van der Waals surface area contributed by atoms with Crippen molar-refractivity contribution in [2.75, 3.05) is 19.0 Å². The minimum Gasteiger partial charge on any atom is -0.377 e. The van der Waals surface area contributed by atoms with Crippen LogP contribution < -0.4 is 4.90 Å². The van der Waals surface area contributed by atoms with Crippen LogP contribution in [0.5, 0.6) is 0 Å². The Kier molecular flexibility index (Phi) is 4.43. The van der Waals surface area contributed by atoms with E-state index in [0.717, 1.165) is 16.8 Å². The molecule has 2 aromatic carbocycles. The van der Waals surface area contributed by atoms with Crippen LogP contribution in [0.25, 0.3) is 11.6 Å². The number of hydrogen-bond acceptors (Lipinski definition) is 4. The highest BCUT2D eigenvalue weighted by atomic mass is 16.1. The number of benzene rings is 2. The molecule has 0 saturated carbocycles.